The van der Waals surface area contributed by atoms with Crippen LogP contribution in [0.3, 0.4) is 0 Å². The van der Waals surface area contributed by atoms with E-state index in [1.165, 1.54) is 50.3 Å². The molecule has 126 valence electrons. The Morgan fingerprint density at radius 3 is 2.41 bits per heavy atom. The Balaban J connectivity index is 3.45. The summed E-state index contributed by atoms with van der Waals surface area (Å²) >= 11 is 0. The second kappa shape index (κ2) is 16.1. The van der Waals surface area contributed by atoms with Gasteiger partial charge < -0.3 is 14.9 Å². The summed E-state index contributed by atoms with van der Waals surface area (Å²) in [4.78, 5) is 0. The molecule has 1 unspecified atom stereocenters. The Labute approximate surface area is 135 Å². The fourth-order valence-corrected chi connectivity index (χ4v) is 1.87. The lowest BCUT2D eigenvalue weighted by atomic mass is 10.1. The number of unbranched alkanes of at least 4 members (excludes halogenated alkanes) is 6. The summed E-state index contributed by atoms with van der Waals surface area (Å²) in [6, 6.07) is 0. The van der Waals surface area contributed by atoms with E-state index < -0.39 is 6.29 Å². The first kappa shape index (κ1) is 20.7. The topological polar surface area (TPSA) is 49.7 Å². The Bertz CT molecular complexity index is 343. The van der Waals surface area contributed by atoms with Gasteiger partial charge in [-0.05, 0) is 50.3 Å². The molecule has 0 spiro atoms. The molecule has 0 aliphatic heterocycles. The molecule has 0 aromatic carbocycles. The lowest BCUT2D eigenvalue weighted by molar-refractivity contribution is -0.0649. The van der Waals surface area contributed by atoms with E-state index >= 15 is 0 Å². The van der Waals surface area contributed by atoms with Crippen molar-refractivity contribution in [1.82, 2.24) is 0 Å². The summed E-state index contributed by atoms with van der Waals surface area (Å²) in [5, 5.41) is 18.6. The lowest BCUT2D eigenvalue weighted by Crippen LogP contribution is -2.09. The van der Waals surface area contributed by atoms with Crippen LogP contribution in [0.25, 0.3) is 0 Å². The molecule has 0 fully saturated rings. The van der Waals surface area contributed by atoms with Crippen molar-refractivity contribution >= 4 is 0 Å². The van der Waals surface area contributed by atoms with E-state index in [4.69, 9.17) is 9.84 Å². The quantitative estimate of drug-likeness (QED) is 0.152. The standard InChI is InChI=1S/C19H32O3/c1-3-5-6-7-8-9-10-11-12-13-17-22-19(21)16-14-15-18(20)4-2/h4,9-10,14-16,19-21H,2-3,5-8,11-13,17H2,1H3/b10-9+,16-14+,18-15+. The van der Waals surface area contributed by atoms with Crippen LogP contribution in [0.1, 0.15) is 58.3 Å². The molecule has 1 atom stereocenters. The first-order valence-electron chi connectivity index (χ1n) is 8.35. The zero-order valence-electron chi connectivity index (χ0n) is 13.9. The van der Waals surface area contributed by atoms with E-state index in [-0.39, 0.29) is 5.76 Å². The molecule has 22 heavy (non-hydrogen) atoms. The molecule has 0 rings (SSSR count). The zero-order valence-corrected chi connectivity index (χ0v) is 13.9. The second-order valence-electron chi connectivity index (χ2n) is 5.26. The number of aliphatic hydroxyl groups excluding tert-OH is 2. The van der Waals surface area contributed by atoms with Crippen molar-refractivity contribution in [2.24, 2.45) is 0 Å². The van der Waals surface area contributed by atoms with E-state index in [0.717, 1.165) is 19.3 Å². The Hall–Kier alpha value is -1.32. The van der Waals surface area contributed by atoms with E-state index in [0.29, 0.717) is 6.61 Å². The molecule has 0 radical (unpaired) electrons. The van der Waals surface area contributed by atoms with Crippen LogP contribution in [-0.2, 0) is 4.74 Å². The minimum absolute atomic E-state index is 0.0601. The number of hydrogen-bond acceptors (Lipinski definition) is 3. The lowest BCUT2D eigenvalue weighted by Gasteiger charge is -2.06. The van der Waals surface area contributed by atoms with Crippen molar-refractivity contribution < 1.29 is 14.9 Å². The summed E-state index contributed by atoms with van der Waals surface area (Å²) in [5.74, 6) is 0.0601. The van der Waals surface area contributed by atoms with Gasteiger partial charge in [-0.15, -0.1) is 0 Å². The smallest absolute Gasteiger partial charge is 0.174 e. The van der Waals surface area contributed by atoms with Crippen molar-refractivity contribution in [2.75, 3.05) is 6.61 Å². The maximum Gasteiger partial charge on any atom is 0.174 e. The fraction of sp³-hybridized carbons (Fsp3) is 0.579. The van der Waals surface area contributed by atoms with Gasteiger partial charge in [0.2, 0.25) is 0 Å². The van der Waals surface area contributed by atoms with E-state index in [1.54, 1.807) is 6.08 Å². The summed E-state index contributed by atoms with van der Waals surface area (Å²) < 4.78 is 5.24. The van der Waals surface area contributed by atoms with Crippen LogP contribution in [0.5, 0.6) is 0 Å². The number of hydrogen-bond donors (Lipinski definition) is 2. The van der Waals surface area contributed by atoms with Crippen molar-refractivity contribution in [3.63, 3.8) is 0 Å². The third-order valence-corrected chi connectivity index (χ3v) is 3.20. The molecule has 3 nitrogen and oxygen atoms in total. The molecular weight excluding hydrogens is 276 g/mol. The normalized spacial score (nSPS) is 14.0. The minimum atomic E-state index is -0.928. The predicted molar refractivity (Wildman–Crippen MR) is 93.8 cm³/mol. The molecule has 0 aliphatic carbocycles. The van der Waals surface area contributed by atoms with Gasteiger partial charge in [0.05, 0.1) is 6.61 Å². The molecule has 0 saturated heterocycles. The van der Waals surface area contributed by atoms with E-state index in [1.807, 2.05) is 0 Å². The van der Waals surface area contributed by atoms with E-state index in [2.05, 4.69) is 25.7 Å². The summed E-state index contributed by atoms with van der Waals surface area (Å²) in [6.45, 7) is 6.18. The van der Waals surface area contributed by atoms with Gasteiger partial charge in [-0.2, -0.15) is 0 Å². The van der Waals surface area contributed by atoms with Crippen LogP contribution in [0.15, 0.2) is 48.8 Å². The van der Waals surface area contributed by atoms with Crippen molar-refractivity contribution in [2.45, 2.75) is 64.6 Å². The van der Waals surface area contributed by atoms with Gasteiger partial charge in [0.25, 0.3) is 0 Å². The number of aliphatic hydroxyl groups is 2. The number of rotatable bonds is 14. The van der Waals surface area contributed by atoms with Crippen molar-refractivity contribution in [3.05, 3.63) is 48.8 Å². The molecule has 0 aromatic rings. The largest absolute Gasteiger partial charge is 0.508 e. The molecule has 0 saturated carbocycles. The molecule has 0 aromatic heterocycles. The summed E-state index contributed by atoms with van der Waals surface area (Å²) in [6.07, 6.45) is 18.9. The molecule has 3 heteroatoms. The van der Waals surface area contributed by atoms with Gasteiger partial charge >= 0.3 is 0 Å². The highest BCUT2D eigenvalue weighted by Gasteiger charge is 1.97. The minimum Gasteiger partial charge on any atom is -0.508 e. The first-order valence-corrected chi connectivity index (χ1v) is 8.35. The number of allylic oxidation sites excluding steroid dienone is 5. The Morgan fingerprint density at radius 2 is 1.77 bits per heavy atom. The molecule has 0 amide bonds. The second-order valence-corrected chi connectivity index (χ2v) is 5.26. The molecule has 0 heterocycles. The van der Waals surface area contributed by atoms with Crippen LogP contribution in [0.4, 0.5) is 0 Å². The van der Waals surface area contributed by atoms with Gasteiger partial charge in [-0.25, -0.2) is 0 Å². The van der Waals surface area contributed by atoms with Crippen LogP contribution < -0.4 is 0 Å². The predicted octanol–water partition coefficient (Wildman–Crippen LogP) is 5.20. The third-order valence-electron chi connectivity index (χ3n) is 3.20. The van der Waals surface area contributed by atoms with Gasteiger partial charge in [0.1, 0.15) is 5.76 Å². The molecule has 0 bridgehead atoms. The van der Waals surface area contributed by atoms with Crippen LogP contribution in [-0.4, -0.2) is 23.1 Å². The average molecular weight is 308 g/mol. The van der Waals surface area contributed by atoms with E-state index in [9.17, 15) is 5.11 Å². The van der Waals surface area contributed by atoms with Crippen LogP contribution in [0, 0.1) is 0 Å². The van der Waals surface area contributed by atoms with Gasteiger partial charge in [0.15, 0.2) is 6.29 Å². The average Bonchev–Trinajstić information content (AvgIpc) is 2.52. The van der Waals surface area contributed by atoms with Gasteiger partial charge in [-0.1, -0.05) is 51.0 Å². The molecular formula is C19H32O3. The van der Waals surface area contributed by atoms with Crippen molar-refractivity contribution in [1.29, 1.82) is 0 Å². The maximum absolute atomic E-state index is 9.52. The summed E-state index contributed by atoms with van der Waals surface area (Å²) in [7, 11) is 0. The van der Waals surface area contributed by atoms with Crippen molar-refractivity contribution in [3.8, 4) is 0 Å². The Morgan fingerprint density at radius 1 is 1.09 bits per heavy atom. The highest BCUT2D eigenvalue weighted by Crippen LogP contribution is 2.05. The third kappa shape index (κ3) is 15.1. The Kier molecular flexibility index (Phi) is 15.1. The zero-order chi connectivity index (χ0) is 16.5. The maximum atomic E-state index is 9.52. The highest BCUT2D eigenvalue weighted by molar-refractivity contribution is 5.15. The van der Waals surface area contributed by atoms with Crippen LogP contribution >= 0.6 is 0 Å². The van der Waals surface area contributed by atoms with Crippen LogP contribution in [0.2, 0.25) is 0 Å². The molecule has 2 N–H and O–H groups in total. The SMILES string of the molecule is C=C/C(O)=C\C=C\C(O)OCCCC/C=C/CCCCCC. The monoisotopic (exact) mass is 308 g/mol. The highest BCUT2D eigenvalue weighted by atomic mass is 16.6. The number of ether oxygens (including phenoxy) is 1. The summed E-state index contributed by atoms with van der Waals surface area (Å²) in [5.41, 5.74) is 0. The molecule has 0 aliphatic rings. The fourth-order valence-electron chi connectivity index (χ4n) is 1.87. The first-order chi connectivity index (χ1) is 10.7. The van der Waals surface area contributed by atoms with Gasteiger partial charge in [-0.3, -0.25) is 0 Å². The van der Waals surface area contributed by atoms with Gasteiger partial charge in [0, 0.05) is 0 Å².